The van der Waals surface area contributed by atoms with Crippen LogP contribution in [0.2, 0.25) is 10.0 Å². The van der Waals surface area contributed by atoms with Crippen LogP contribution in [0, 0.1) is 5.92 Å². The minimum atomic E-state index is -0.815. The quantitative estimate of drug-likeness (QED) is 0.226. The van der Waals surface area contributed by atoms with Crippen LogP contribution in [0.1, 0.15) is 56.5 Å². The Hall–Kier alpha value is -2.77. The summed E-state index contributed by atoms with van der Waals surface area (Å²) in [6, 6.07) is 9.17. The van der Waals surface area contributed by atoms with E-state index in [0.717, 1.165) is 18.4 Å². The molecule has 0 aliphatic rings. The third kappa shape index (κ3) is 8.22. The van der Waals surface area contributed by atoms with Crippen molar-refractivity contribution in [3.05, 3.63) is 57.6 Å². The molecule has 0 bridgehead atoms. The average molecular weight is 508 g/mol. The summed E-state index contributed by atoms with van der Waals surface area (Å²) in [5.74, 6) is 0.170. The fourth-order valence-electron chi connectivity index (χ4n) is 2.99. The second-order valence-electron chi connectivity index (χ2n) is 7.89. The summed E-state index contributed by atoms with van der Waals surface area (Å²) in [6.45, 7) is 8.75. The maximum Gasteiger partial charge on any atom is 0.262 e. The van der Waals surface area contributed by atoms with Gasteiger partial charge >= 0.3 is 0 Å². The number of halogens is 2. The van der Waals surface area contributed by atoms with Crippen LogP contribution < -0.4 is 20.2 Å². The van der Waals surface area contributed by atoms with Gasteiger partial charge in [0.25, 0.3) is 11.8 Å². The molecule has 2 N–H and O–H groups in total. The molecule has 0 heterocycles. The van der Waals surface area contributed by atoms with E-state index in [0.29, 0.717) is 29.7 Å². The van der Waals surface area contributed by atoms with Crippen molar-refractivity contribution < 1.29 is 19.1 Å². The zero-order valence-electron chi connectivity index (χ0n) is 19.9. The van der Waals surface area contributed by atoms with Crippen molar-refractivity contribution in [2.24, 2.45) is 11.0 Å². The van der Waals surface area contributed by atoms with Gasteiger partial charge < -0.3 is 14.8 Å². The van der Waals surface area contributed by atoms with Crippen LogP contribution in [0.25, 0.3) is 0 Å². The van der Waals surface area contributed by atoms with Crippen LogP contribution in [0.15, 0.2) is 41.5 Å². The van der Waals surface area contributed by atoms with Crippen LogP contribution >= 0.6 is 23.2 Å². The van der Waals surface area contributed by atoms with E-state index in [4.69, 9.17) is 32.7 Å². The van der Waals surface area contributed by atoms with Crippen molar-refractivity contribution in [2.75, 3.05) is 13.2 Å². The lowest BCUT2D eigenvalue weighted by Crippen LogP contribution is -2.48. The molecule has 0 aromatic heterocycles. The maximum absolute atomic E-state index is 12.7. The molecule has 0 saturated heterocycles. The Labute approximate surface area is 210 Å². The molecular formula is C25H31Cl2N3O4. The fraction of sp³-hybridized carbons (Fsp3) is 0.400. The van der Waals surface area contributed by atoms with Gasteiger partial charge in [0.1, 0.15) is 6.04 Å². The number of carbonyl (C=O) groups excluding carboxylic acids is 2. The zero-order chi connectivity index (χ0) is 25.1. The normalized spacial score (nSPS) is 12.0. The molecule has 0 radical (unpaired) electrons. The van der Waals surface area contributed by atoms with E-state index >= 15 is 0 Å². The molecule has 7 nitrogen and oxygen atoms in total. The summed E-state index contributed by atoms with van der Waals surface area (Å²) in [5.41, 5.74) is 3.45. The minimum absolute atomic E-state index is 0.186. The van der Waals surface area contributed by atoms with Gasteiger partial charge in [-0.1, -0.05) is 50.4 Å². The van der Waals surface area contributed by atoms with Gasteiger partial charge in [-0.15, -0.1) is 0 Å². The Bertz CT molecular complexity index is 1010. The lowest BCUT2D eigenvalue weighted by molar-refractivity contribution is -0.123. The van der Waals surface area contributed by atoms with E-state index in [2.05, 4.69) is 22.8 Å². The maximum atomic E-state index is 12.7. The monoisotopic (exact) mass is 507 g/mol. The number of rotatable bonds is 12. The molecule has 0 aliphatic heterocycles. The highest BCUT2D eigenvalue weighted by Crippen LogP contribution is 2.28. The summed E-state index contributed by atoms with van der Waals surface area (Å²) in [6.07, 6.45) is 3.50. The summed E-state index contributed by atoms with van der Waals surface area (Å²) >= 11 is 12.0. The molecule has 9 heteroatoms. The number of amides is 2. The number of hydrogen-bond acceptors (Lipinski definition) is 5. The van der Waals surface area contributed by atoms with Crippen molar-refractivity contribution in [3.63, 3.8) is 0 Å². The second-order valence-corrected chi connectivity index (χ2v) is 8.74. The molecule has 0 saturated carbocycles. The Balaban J connectivity index is 2.05. The van der Waals surface area contributed by atoms with Gasteiger partial charge in [-0.05, 0) is 61.2 Å². The molecule has 0 aliphatic carbocycles. The molecule has 0 spiro atoms. The number of hydrogen-bond donors (Lipinski definition) is 2. The highest BCUT2D eigenvalue weighted by atomic mass is 35.5. The van der Waals surface area contributed by atoms with E-state index in [9.17, 15) is 9.59 Å². The van der Waals surface area contributed by atoms with Crippen molar-refractivity contribution in [3.8, 4) is 11.5 Å². The van der Waals surface area contributed by atoms with Gasteiger partial charge in [0.15, 0.2) is 11.5 Å². The number of carbonyl (C=O) groups is 2. The summed E-state index contributed by atoms with van der Waals surface area (Å²) in [5, 5.41) is 7.38. The van der Waals surface area contributed by atoms with Crippen LogP contribution in [-0.2, 0) is 4.79 Å². The van der Waals surface area contributed by atoms with Gasteiger partial charge in [0, 0.05) is 5.02 Å². The molecule has 2 rings (SSSR count). The number of nitrogens with zero attached hydrogens (tertiary/aromatic N) is 1. The smallest absolute Gasteiger partial charge is 0.262 e. The first-order valence-electron chi connectivity index (χ1n) is 11.2. The van der Waals surface area contributed by atoms with Crippen LogP contribution in [0.3, 0.4) is 0 Å². The van der Waals surface area contributed by atoms with Gasteiger partial charge in [-0.2, -0.15) is 5.10 Å². The Morgan fingerprint density at radius 2 is 1.82 bits per heavy atom. The number of ether oxygens (including phenoxy) is 2. The summed E-state index contributed by atoms with van der Waals surface area (Å²) < 4.78 is 11.4. The molecule has 184 valence electrons. The highest BCUT2D eigenvalue weighted by molar-refractivity contribution is 6.36. The molecular weight excluding hydrogens is 477 g/mol. The summed E-state index contributed by atoms with van der Waals surface area (Å²) in [7, 11) is 0. The van der Waals surface area contributed by atoms with Crippen molar-refractivity contribution in [1.82, 2.24) is 10.7 Å². The van der Waals surface area contributed by atoms with Gasteiger partial charge in [0.05, 0.1) is 30.0 Å². The first-order valence-corrected chi connectivity index (χ1v) is 12.0. The second kappa shape index (κ2) is 13.8. The van der Waals surface area contributed by atoms with Crippen molar-refractivity contribution in [1.29, 1.82) is 0 Å². The third-order valence-corrected chi connectivity index (χ3v) is 5.37. The Kier molecular flexibility index (Phi) is 11.2. The zero-order valence-corrected chi connectivity index (χ0v) is 21.4. The average Bonchev–Trinajstić information content (AvgIpc) is 2.78. The van der Waals surface area contributed by atoms with Gasteiger partial charge in [-0.25, -0.2) is 5.43 Å². The van der Waals surface area contributed by atoms with E-state index in [1.54, 1.807) is 12.1 Å². The Morgan fingerprint density at radius 1 is 1.06 bits per heavy atom. The number of benzene rings is 2. The highest BCUT2D eigenvalue weighted by Gasteiger charge is 2.25. The van der Waals surface area contributed by atoms with Gasteiger partial charge in [-0.3, -0.25) is 9.59 Å². The van der Waals surface area contributed by atoms with Crippen LogP contribution in [-0.4, -0.2) is 37.3 Å². The predicted octanol–water partition coefficient (Wildman–Crippen LogP) is 5.48. The molecule has 0 fully saturated rings. The van der Waals surface area contributed by atoms with E-state index in [-0.39, 0.29) is 16.5 Å². The first kappa shape index (κ1) is 27.5. The molecule has 1 atom stereocenters. The lowest BCUT2D eigenvalue weighted by atomic mass is 10.0. The molecule has 1 unspecified atom stereocenters. The number of hydrazone groups is 1. The van der Waals surface area contributed by atoms with Crippen LogP contribution in [0.5, 0.6) is 11.5 Å². The topological polar surface area (TPSA) is 89.0 Å². The van der Waals surface area contributed by atoms with Crippen molar-refractivity contribution >= 4 is 41.2 Å². The SMILES string of the molecule is CCCCOc1ccc(/C=N\NC(=O)C(NC(=O)c2ccc(Cl)cc2Cl)C(C)C)cc1OCC. The van der Waals surface area contributed by atoms with E-state index in [1.807, 2.05) is 32.9 Å². The largest absolute Gasteiger partial charge is 0.490 e. The molecule has 2 aromatic carbocycles. The predicted molar refractivity (Wildman–Crippen MR) is 136 cm³/mol. The van der Waals surface area contributed by atoms with Crippen LogP contribution in [0.4, 0.5) is 0 Å². The molecule has 2 aromatic rings. The van der Waals surface area contributed by atoms with E-state index in [1.165, 1.54) is 18.3 Å². The lowest BCUT2D eigenvalue weighted by Gasteiger charge is -2.20. The fourth-order valence-corrected chi connectivity index (χ4v) is 3.48. The molecule has 2 amide bonds. The summed E-state index contributed by atoms with van der Waals surface area (Å²) in [4.78, 5) is 25.3. The standard InChI is InChI=1S/C25H31Cl2N3O4/c1-5-7-12-34-21-11-8-17(13-22(21)33-6-2)15-28-30-25(32)23(16(3)4)29-24(31)19-10-9-18(26)14-20(19)27/h8-11,13-16,23H,5-7,12H2,1-4H3,(H,29,31)(H,30,32)/b28-15-. The van der Waals surface area contributed by atoms with E-state index < -0.39 is 17.9 Å². The first-order chi connectivity index (χ1) is 16.3. The molecule has 34 heavy (non-hydrogen) atoms. The van der Waals surface area contributed by atoms with Gasteiger partial charge in [0.2, 0.25) is 0 Å². The number of nitrogens with one attached hydrogen (secondary N) is 2. The number of unbranched alkanes of at least 4 members (excludes halogenated alkanes) is 1. The Morgan fingerprint density at radius 3 is 2.47 bits per heavy atom. The van der Waals surface area contributed by atoms with Crippen molar-refractivity contribution in [2.45, 2.75) is 46.6 Å². The third-order valence-electron chi connectivity index (χ3n) is 4.82. The minimum Gasteiger partial charge on any atom is -0.490 e.